The molecule has 98 valence electrons. The summed E-state index contributed by atoms with van der Waals surface area (Å²) in [6.45, 7) is 2.66. The molecule has 2 rings (SSSR count). The van der Waals surface area contributed by atoms with Crippen LogP contribution in [0.5, 0.6) is 0 Å². The number of rotatable bonds is 4. The highest BCUT2D eigenvalue weighted by Crippen LogP contribution is 2.24. The summed E-state index contributed by atoms with van der Waals surface area (Å²) in [6.07, 6.45) is 4.65. The van der Waals surface area contributed by atoms with Crippen molar-refractivity contribution < 1.29 is 4.92 Å². The molecular weight excluding hydrogens is 232 g/mol. The lowest BCUT2D eigenvalue weighted by atomic mass is 9.94. The molecule has 6 heteroatoms. The third-order valence-electron chi connectivity index (χ3n) is 3.46. The highest BCUT2D eigenvalue weighted by Gasteiger charge is 2.19. The first-order chi connectivity index (χ1) is 8.70. The van der Waals surface area contributed by atoms with Gasteiger partial charge in [0.25, 0.3) is 5.69 Å². The van der Waals surface area contributed by atoms with E-state index in [9.17, 15) is 10.1 Å². The van der Waals surface area contributed by atoms with E-state index in [1.807, 2.05) is 0 Å². The monoisotopic (exact) mass is 250 g/mol. The first kappa shape index (κ1) is 12.8. The second-order valence-corrected chi connectivity index (χ2v) is 4.64. The SMILES string of the molecule is NCCC1CCN(c2ccc([N+](=O)[O-])cn2)CC1. The Kier molecular flexibility index (Phi) is 4.09. The number of hydrogen-bond acceptors (Lipinski definition) is 5. The summed E-state index contributed by atoms with van der Waals surface area (Å²) in [7, 11) is 0. The lowest BCUT2D eigenvalue weighted by Gasteiger charge is -2.32. The first-order valence-corrected chi connectivity index (χ1v) is 6.26. The molecule has 0 aliphatic carbocycles. The Bertz CT molecular complexity index is 399. The van der Waals surface area contributed by atoms with Crippen LogP contribution in [0.25, 0.3) is 0 Å². The Hall–Kier alpha value is -1.69. The van der Waals surface area contributed by atoms with Gasteiger partial charge in [-0.05, 0) is 37.8 Å². The molecular formula is C12H18N4O2. The molecule has 1 aromatic rings. The zero-order chi connectivity index (χ0) is 13.0. The average molecular weight is 250 g/mol. The normalized spacial score (nSPS) is 16.8. The van der Waals surface area contributed by atoms with E-state index in [-0.39, 0.29) is 5.69 Å². The average Bonchev–Trinajstić information content (AvgIpc) is 2.40. The maximum atomic E-state index is 10.5. The lowest BCUT2D eigenvalue weighted by molar-refractivity contribution is -0.385. The van der Waals surface area contributed by atoms with E-state index in [0.717, 1.165) is 44.7 Å². The Morgan fingerprint density at radius 1 is 1.44 bits per heavy atom. The highest BCUT2D eigenvalue weighted by molar-refractivity contribution is 5.43. The van der Waals surface area contributed by atoms with Crippen LogP contribution in [0.15, 0.2) is 18.3 Å². The Morgan fingerprint density at radius 3 is 2.67 bits per heavy atom. The molecule has 1 aromatic heterocycles. The highest BCUT2D eigenvalue weighted by atomic mass is 16.6. The molecule has 2 heterocycles. The topological polar surface area (TPSA) is 85.3 Å². The molecule has 0 atom stereocenters. The minimum absolute atomic E-state index is 0.0387. The molecule has 1 saturated heterocycles. The summed E-state index contributed by atoms with van der Waals surface area (Å²) >= 11 is 0. The second-order valence-electron chi connectivity index (χ2n) is 4.64. The van der Waals surface area contributed by atoms with Gasteiger partial charge in [0, 0.05) is 19.2 Å². The quantitative estimate of drug-likeness (QED) is 0.647. The molecule has 0 aromatic carbocycles. The molecule has 0 unspecified atom stereocenters. The van der Waals surface area contributed by atoms with Crippen LogP contribution in [0.3, 0.4) is 0 Å². The van der Waals surface area contributed by atoms with E-state index in [1.165, 1.54) is 12.3 Å². The van der Waals surface area contributed by atoms with Crippen molar-refractivity contribution in [3.8, 4) is 0 Å². The summed E-state index contributed by atoms with van der Waals surface area (Å²) in [5, 5.41) is 10.5. The van der Waals surface area contributed by atoms with Crippen molar-refractivity contribution in [3.05, 3.63) is 28.4 Å². The van der Waals surface area contributed by atoms with E-state index in [1.54, 1.807) is 6.07 Å². The Labute approximate surface area is 106 Å². The molecule has 0 amide bonds. The molecule has 0 radical (unpaired) electrons. The van der Waals surface area contributed by atoms with Crippen LogP contribution in [-0.2, 0) is 0 Å². The second kappa shape index (κ2) is 5.77. The predicted octanol–water partition coefficient (Wildman–Crippen LogP) is 1.56. The van der Waals surface area contributed by atoms with Gasteiger partial charge in [0.1, 0.15) is 12.0 Å². The van der Waals surface area contributed by atoms with Gasteiger partial charge in [0.15, 0.2) is 0 Å². The fraction of sp³-hybridized carbons (Fsp3) is 0.583. The zero-order valence-electron chi connectivity index (χ0n) is 10.3. The van der Waals surface area contributed by atoms with Crippen LogP contribution in [0, 0.1) is 16.0 Å². The number of aromatic nitrogens is 1. The Balaban J connectivity index is 1.95. The van der Waals surface area contributed by atoms with E-state index in [4.69, 9.17) is 5.73 Å². The van der Waals surface area contributed by atoms with Gasteiger partial charge >= 0.3 is 0 Å². The van der Waals surface area contributed by atoms with Gasteiger partial charge in [-0.15, -0.1) is 0 Å². The smallest absolute Gasteiger partial charge is 0.287 e. The first-order valence-electron chi connectivity index (χ1n) is 6.26. The van der Waals surface area contributed by atoms with Crippen molar-refractivity contribution in [1.82, 2.24) is 4.98 Å². The molecule has 0 spiro atoms. The zero-order valence-corrected chi connectivity index (χ0v) is 10.3. The van der Waals surface area contributed by atoms with Crippen molar-refractivity contribution in [1.29, 1.82) is 0 Å². The van der Waals surface area contributed by atoms with Crippen molar-refractivity contribution in [2.24, 2.45) is 11.7 Å². The third kappa shape index (κ3) is 2.95. The number of pyridine rings is 1. The number of nitrogens with two attached hydrogens (primary N) is 1. The van der Waals surface area contributed by atoms with Gasteiger partial charge in [-0.2, -0.15) is 0 Å². The van der Waals surface area contributed by atoms with Crippen LogP contribution < -0.4 is 10.6 Å². The van der Waals surface area contributed by atoms with Crippen molar-refractivity contribution in [2.45, 2.75) is 19.3 Å². The summed E-state index contributed by atoms with van der Waals surface area (Å²) < 4.78 is 0. The van der Waals surface area contributed by atoms with Gasteiger partial charge in [-0.1, -0.05) is 0 Å². The van der Waals surface area contributed by atoms with Gasteiger partial charge in [0.2, 0.25) is 0 Å². The maximum absolute atomic E-state index is 10.5. The fourth-order valence-electron chi connectivity index (χ4n) is 2.36. The van der Waals surface area contributed by atoms with Crippen molar-refractivity contribution >= 4 is 11.5 Å². The molecule has 0 bridgehead atoms. The van der Waals surface area contributed by atoms with E-state index >= 15 is 0 Å². The lowest BCUT2D eigenvalue weighted by Crippen LogP contribution is -2.34. The molecule has 6 nitrogen and oxygen atoms in total. The number of nitrogens with zero attached hydrogens (tertiary/aromatic N) is 3. The molecule has 1 fully saturated rings. The van der Waals surface area contributed by atoms with E-state index in [0.29, 0.717) is 5.92 Å². The van der Waals surface area contributed by atoms with E-state index in [2.05, 4.69) is 9.88 Å². The third-order valence-corrected chi connectivity index (χ3v) is 3.46. The van der Waals surface area contributed by atoms with Crippen LogP contribution in [0.4, 0.5) is 11.5 Å². The minimum Gasteiger partial charge on any atom is -0.357 e. The predicted molar refractivity (Wildman–Crippen MR) is 69.5 cm³/mol. The van der Waals surface area contributed by atoms with Crippen molar-refractivity contribution in [3.63, 3.8) is 0 Å². The summed E-state index contributed by atoms with van der Waals surface area (Å²) in [5.41, 5.74) is 5.60. The number of nitro groups is 1. The van der Waals surface area contributed by atoms with Crippen LogP contribution in [0.1, 0.15) is 19.3 Å². The number of anilines is 1. The molecule has 2 N–H and O–H groups in total. The maximum Gasteiger partial charge on any atom is 0.287 e. The Morgan fingerprint density at radius 2 is 2.17 bits per heavy atom. The van der Waals surface area contributed by atoms with E-state index < -0.39 is 4.92 Å². The van der Waals surface area contributed by atoms with Gasteiger partial charge in [-0.25, -0.2) is 4.98 Å². The standard InChI is InChI=1S/C12H18N4O2/c13-6-3-10-4-7-15(8-5-10)12-2-1-11(9-14-12)16(17)18/h1-2,9-10H,3-8,13H2. The summed E-state index contributed by atoms with van der Waals surface area (Å²) in [6, 6.07) is 3.23. The number of piperidine rings is 1. The summed E-state index contributed by atoms with van der Waals surface area (Å²) in [4.78, 5) is 16.4. The fourth-order valence-corrected chi connectivity index (χ4v) is 2.36. The van der Waals surface area contributed by atoms with Crippen LogP contribution >= 0.6 is 0 Å². The largest absolute Gasteiger partial charge is 0.357 e. The molecule has 0 saturated carbocycles. The molecule has 1 aliphatic rings. The van der Waals surface area contributed by atoms with Gasteiger partial charge < -0.3 is 10.6 Å². The summed E-state index contributed by atoms with van der Waals surface area (Å²) in [5.74, 6) is 1.54. The van der Waals surface area contributed by atoms with Crippen LogP contribution in [0.2, 0.25) is 0 Å². The number of hydrogen-bond donors (Lipinski definition) is 1. The van der Waals surface area contributed by atoms with Crippen molar-refractivity contribution in [2.75, 3.05) is 24.5 Å². The van der Waals surface area contributed by atoms with Gasteiger partial charge in [0.05, 0.1) is 4.92 Å². The van der Waals surface area contributed by atoms with Crippen LogP contribution in [-0.4, -0.2) is 29.5 Å². The van der Waals surface area contributed by atoms with Gasteiger partial charge in [-0.3, -0.25) is 10.1 Å². The molecule has 18 heavy (non-hydrogen) atoms. The minimum atomic E-state index is -0.426. The molecule has 1 aliphatic heterocycles.